The molecule has 0 spiro atoms. The van der Waals surface area contributed by atoms with Crippen LogP contribution in [0.4, 0.5) is 11.6 Å². The molecule has 19 heavy (non-hydrogen) atoms. The summed E-state index contributed by atoms with van der Waals surface area (Å²) in [5.41, 5.74) is 0.841. The minimum atomic E-state index is 0.231. The van der Waals surface area contributed by atoms with Crippen LogP contribution in [0.1, 0.15) is 13.8 Å². The first-order chi connectivity index (χ1) is 9.22. The van der Waals surface area contributed by atoms with E-state index in [1.165, 1.54) is 0 Å². The van der Waals surface area contributed by atoms with Crippen molar-refractivity contribution >= 4 is 44.8 Å². The summed E-state index contributed by atoms with van der Waals surface area (Å²) in [5, 5.41) is 5.33. The molecule has 0 radical (unpaired) electrons. The number of nitrogens with one attached hydrogen (secondary N) is 1. The first-order valence-electron chi connectivity index (χ1n) is 5.88. The van der Waals surface area contributed by atoms with Gasteiger partial charge in [-0.15, -0.1) is 11.3 Å². The van der Waals surface area contributed by atoms with Gasteiger partial charge in [-0.1, -0.05) is 13.8 Å². The van der Waals surface area contributed by atoms with Gasteiger partial charge in [0, 0.05) is 13.2 Å². The summed E-state index contributed by atoms with van der Waals surface area (Å²) >= 11 is 7.44. The van der Waals surface area contributed by atoms with Crippen molar-refractivity contribution in [3.8, 4) is 0 Å². The Balaban J connectivity index is 0.000000637. The van der Waals surface area contributed by atoms with Gasteiger partial charge in [0.25, 0.3) is 0 Å². The molecule has 0 fully saturated rings. The van der Waals surface area contributed by atoms with Crippen molar-refractivity contribution in [1.29, 1.82) is 0 Å². The first-order valence-corrected chi connectivity index (χ1v) is 7.14. The zero-order valence-corrected chi connectivity index (χ0v) is 12.5. The molecule has 0 bridgehead atoms. The van der Waals surface area contributed by atoms with Crippen molar-refractivity contribution in [1.82, 2.24) is 19.5 Å². The molecule has 3 aromatic rings. The highest BCUT2D eigenvalue weighted by atomic mass is 35.5. The third kappa shape index (κ3) is 3.02. The van der Waals surface area contributed by atoms with E-state index in [-0.39, 0.29) is 5.28 Å². The molecule has 100 valence electrons. The average Bonchev–Trinajstić information content (AvgIpc) is 3.01. The maximum atomic E-state index is 5.87. The molecule has 3 aromatic heterocycles. The highest BCUT2D eigenvalue weighted by molar-refractivity contribution is 7.17. The van der Waals surface area contributed by atoms with Crippen LogP contribution in [0.3, 0.4) is 0 Å². The van der Waals surface area contributed by atoms with Crippen LogP contribution in [0.2, 0.25) is 5.28 Å². The van der Waals surface area contributed by atoms with Gasteiger partial charge in [0.05, 0.1) is 16.5 Å². The first kappa shape index (κ1) is 13.8. The lowest BCUT2D eigenvalue weighted by molar-refractivity contribution is 0.913. The molecule has 0 saturated carbocycles. The van der Waals surface area contributed by atoms with E-state index in [2.05, 4.69) is 20.3 Å². The average molecular weight is 296 g/mol. The van der Waals surface area contributed by atoms with E-state index in [9.17, 15) is 0 Å². The van der Waals surface area contributed by atoms with Gasteiger partial charge in [-0.05, 0) is 23.0 Å². The Morgan fingerprint density at radius 1 is 1.32 bits per heavy atom. The van der Waals surface area contributed by atoms with Crippen LogP contribution in [0.15, 0.2) is 24.0 Å². The highest BCUT2D eigenvalue weighted by Gasteiger charge is 2.09. The number of aromatic nitrogens is 4. The van der Waals surface area contributed by atoms with Crippen LogP contribution in [0.5, 0.6) is 0 Å². The SMILES string of the molecule is CC.Cn1cnc(Nc2nc(Cl)nc3ccsc23)c1. The summed E-state index contributed by atoms with van der Waals surface area (Å²) in [6, 6.07) is 1.91. The minimum Gasteiger partial charge on any atom is -0.338 e. The van der Waals surface area contributed by atoms with Crippen LogP contribution in [-0.4, -0.2) is 19.5 Å². The molecule has 1 N–H and O–H groups in total. The maximum absolute atomic E-state index is 5.87. The van der Waals surface area contributed by atoms with Crippen LogP contribution in [-0.2, 0) is 7.05 Å². The molecule has 0 aliphatic heterocycles. The predicted molar refractivity (Wildman–Crippen MR) is 80.3 cm³/mol. The van der Waals surface area contributed by atoms with E-state index in [0.717, 1.165) is 16.0 Å². The molecule has 0 atom stereocenters. The molecular weight excluding hydrogens is 282 g/mol. The fourth-order valence-electron chi connectivity index (χ4n) is 1.52. The Bertz CT molecular complexity index is 676. The Labute approximate surface area is 120 Å². The summed E-state index contributed by atoms with van der Waals surface area (Å²) in [5.74, 6) is 1.42. The Kier molecular flexibility index (Phi) is 4.34. The van der Waals surface area contributed by atoms with Crippen molar-refractivity contribution in [3.05, 3.63) is 29.3 Å². The van der Waals surface area contributed by atoms with E-state index in [1.54, 1.807) is 17.7 Å². The van der Waals surface area contributed by atoms with E-state index in [1.807, 2.05) is 43.1 Å². The Morgan fingerprint density at radius 3 is 2.79 bits per heavy atom. The van der Waals surface area contributed by atoms with Gasteiger partial charge in [0.15, 0.2) is 5.82 Å². The third-order valence-electron chi connectivity index (χ3n) is 2.23. The monoisotopic (exact) mass is 295 g/mol. The normalized spacial score (nSPS) is 10.1. The van der Waals surface area contributed by atoms with Crippen LogP contribution >= 0.6 is 22.9 Å². The Hall–Kier alpha value is -1.66. The fraction of sp³-hybridized carbons (Fsp3) is 0.250. The second-order valence-electron chi connectivity index (χ2n) is 3.53. The zero-order valence-electron chi connectivity index (χ0n) is 10.9. The van der Waals surface area contributed by atoms with Crippen molar-refractivity contribution < 1.29 is 0 Å². The Morgan fingerprint density at radius 2 is 2.11 bits per heavy atom. The second kappa shape index (κ2) is 5.99. The molecule has 7 heteroatoms. The quantitative estimate of drug-likeness (QED) is 0.730. The topological polar surface area (TPSA) is 55.6 Å². The summed E-state index contributed by atoms with van der Waals surface area (Å²) in [4.78, 5) is 12.5. The molecule has 3 heterocycles. The number of aryl methyl sites for hydroxylation is 1. The van der Waals surface area contributed by atoms with Crippen LogP contribution in [0.25, 0.3) is 10.2 Å². The zero-order chi connectivity index (χ0) is 13.8. The number of hydrogen-bond acceptors (Lipinski definition) is 5. The number of fused-ring (bicyclic) bond motifs is 1. The molecule has 0 aliphatic rings. The smallest absolute Gasteiger partial charge is 0.224 e. The number of rotatable bonds is 2. The minimum absolute atomic E-state index is 0.231. The summed E-state index contributed by atoms with van der Waals surface area (Å²) in [6.07, 6.45) is 3.59. The predicted octanol–water partition coefficient (Wildman–Crippen LogP) is 3.85. The van der Waals surface area contributed by atoms with Gasteiger partial charge in [-0.2, -0.15) is 4.98 Å². The number of imidazole rings is 1. The summed E-state index contributed by atoms with van der Waals surface area (Å²) in [6.45, 7) is 4.00. The number of nitrogens with zero attached hydrogens (tertiary/aromatic N) is 4. The molecule has 0 aromatic carbocycles. The van der Waals surface area contributed by atoms with Gasteiger partial charge in [0.2, 0.25) is 5.28 Å². The number of anilines is 2. The lowest BCUT2D eigenvalue weighted by Gasteiger charge is -2.03. The van der Waals surface area contributed by atoms with Gasteiger partial charge >= 0.3 is 0 Å². The largest absolute Gasteiger partial charge is 0.338 e. The standard InChI is InChI=1S/C10H8ClN5S.C2H6/c1-16-4-7(12-5-16)14-9-8-6(2-3-17-8)13-10(11)15-9;1-2/h2-5H,1H3,(H,13,14,15);1-2H3. The molecule has 0 amide bonds. The second-order valence-corrected chi connectivity index (χ2v) is 4.78. The van der Waals surface area contributed by atoms with Crippen LogP contribution < -0.4 is 5.32 Å². The van der Waals surface area contributed by atoms with E-state index >= 15 is 0 Å². The maximum Gasteiger partial charge on any atom is 0.224 e. The van der Waals surface area contributed by atoms with Gasteiger partial charge in [-0.3, -0.25) is 0 Å². The van der Waals surface area contributed by atoms with Crippen molar-refractivity contribution in [2.24, 2.45) is 7.05 Å². The van der Waals surface area contributed by atoms with Gasteiger partial charge < -0.3 is 9.88 Å². The number of thiophene rings is 1. The van der Waals surface area contributed by atoms with Gasteiger partial charge in [0.1, 0.15) is 5.82 Å². The third-order valence-corrected chi connectivity index (χ3v) is 3.31. The fourth-order valence-corrected chi connectivity index (χ4v) is 2.47. The lowest BCUT2D eigenvalue weighted by Crippen LogP contribution is -1.95. The van der Waals surface area contributed by atoms with E-state index < -0.39 is 0 Å². The van der Waals surface area contributed by atoms with E-state index in [0.29, 0.717) is 5.82 Å². The van der Waals surface area contributed by atoms with Crippen molar-refractivity contribution in [2.75, 3.05) is 5.32 Å². The van der Waals surface area contributed by atoms with Crippen LogP contribution in [0, 0.1) is 0 Å². The number of hydrogen-bond donors (Lipinski definition) is 1. The highest BCUT2D eigenvalue weighted by Crippen LogP contribution is 2.28. The van der Waals surface area contributed by atoms with E-state index in [4.69, 9.17) is 11.6 Å². The molecule has 0 saturated heterocycles. The lowest BCUT2D eigenvalue weighted by atomic mass is 10.4. The molecule has 0 unspecified atom stereocenters. The molecule has 0 aliphatic carbocycles. The van der Waals surface area contributed by atoms with Crippen molar-refractivity contribution in [3.63, 3.8) is 0 Å². The summed E-state index contributed by atoms with van der Waals surface area (Å²) in [7, 11) is 1.91. The van der Waals surface area contributed by atoms with Crippen molar-refractivity contribution in [2.45, 2.75) is 13.8 Å². The molecule has 3 rings (SSSR count). The molecule has 5 nitrogen and oxygen atoms in total. The number of halogens is 1. The summed E-state index contributed by atoms with van der Waals surface area (Å²) < 4.78 is 2.83. The van der Waals surface area contributed by atoms with Gasteiger partial charge in [-0.25, -0.2) is 9.97 Å². The molecular formula is C12H14ClN5S.